The summed E-state index contributed by atoms with van der Waals surface area (Å²) >= 11 is 0. The van der Waals surface area contributed by atoms with Gasteiger partial charge in [0.1, 0.15) is 11.6 Å². The molecule has 2 amide bonds. The molecule has 1 aromatic heterocycles. The molecule has 0 aliphatic heterocycles. The summed E-state index contributed by atoms with van der Waals surface area (Å²) in [6.45, 7) is 4.16. The normalized spacial score (nSPS) is 29.3. The molecule has 0 saturated heterocycles. The lowest BCUT2D eigenvalue weighted by Gasteiger charge is -2.58. The van der Waals surface area contributed by atoms with E-state index in [1.807, 2.05) is 37.3 Å². The fraction of sp³-hybridized carbons (Fsp3) is 0.619. The summed E-state index contributed by atoms with van der Waals surface area (Å²) in [6.07, 6.45) is 11.4. The van der Waals surface area contributed by atoms with Crippen LogP contribution < -0.4 is 10.6 Å². The fourth-order valence-corrected chi connectivity index (χ4v) is 10.5. The number of hydrogen-bond acceptors (Lipinski definition) is 8. The van der Waals surface area contributed by atoms with Crippen LogP contribution >= 0.6 is 0 Å². The van der Waals surface area contributed by atoms with Crippen LogP contribution in [0, 0.1) is 28.6 Å². The number of benzene rings is 1. The summed E-state index contributed by atoms with van der Waals surface area (Å²) in [4.78, 5) is 78.0. The van der Waals surface area contributed by atoms with Gasteiger partial charge in [-0.3, -0.25) is 24.0 Å². The van der Waals surface area contributed by atoms with Crippen LogP contribution in [0.2, 0.25) is 0 Å². The highest BCUT2D eigenvalue weighted by Crippen LogP contribution is 2.67. The number of rotatable bonds is 16. The van der Waals surface area contributed by atoms with Crippen molar-refractivity contribution in [2.45, 2.75) is 122 Å². The number of unbranched alkanes of at least 4 members (excludes halogenated alkanes) is 2. The number of Topliss-reactive ketones (excluding diaryl/α,β-unsaturated/α-hetero) is 1. The van der Waals surface area contributed by atoms with Crippen LogP contribution in [0.25, 0.3) is 10.9 Å². The van der Waals surface area contributed by atoms with Crippen molar-refractivity contribution in [2.75, 3.05) is 13.2 Å². The smallest absolute Gasteiger partial charge is 0.326 e. The number of carbonyl (C=O) groups excluding carboxylic acids is 5. The number of aliphatic carboxylic acids is 1. The van der Waals surface area contributed by atoms with Crippen molar-refractivity contribution in [3.8, 4) is 0 Å². The third kappa shape index (κ3) is 7.90. The minimum Gasteiger partial charge on any atom is -0.480 e. The lowest BCUT2D eigenvalue weighted by atomic mass is 9.46. The highest BCUT2D eigenvalue weighted by molar-refractivity contribution is 5.92. The van der Waals surface area contributed by atoms with E-state index in [0.29, 0.717) is 56.9 Å². The van der Waals surface area contributed by atoms with Crippen molar-refractivity contribution in [3.63, 3.8) is 0 Å². The Balaban J connectivity index is 0.858. The maximum atomic E-state index is 13.5. The Hall–Kier alpha value is -4.32. The van der Waals surface area contributed by atoms with Crippen LogP contribution in [-0.4, -0.2) is 75.3 Å². The van der Waals surface area contributed by atoms with Gasteiger partial charge in [0.25, 0.3) is 0 Å². The number of para-hydroxylation sites is 1. The number of amides is 2. The van der Waals surface area contributed by atoms with Crippen molar-refractivity contribution in [3.05, 3.63) is 47.7 Å². The molecule has 12 nitrogen and oxygen atoms in total. The van der Waals surface area contributed by atoms with Crippen LogP contribution in [0.1, 0.15) is 109 Å². The minimum absolute atomic E-state index is 0.00202. The van der Waals surface area contributed by atoms with Crippen LogP contribution in [0.4, 0.5) is 0 Å². The van der Waals surface area contributed by atoms with Gasteiger partial charge in [0.2, 0.25) is 17.6 Å². The molecule has 0 unspecified atom stereocenters. The summed E-state index contributed by atoms with van der Waals surface area (Å²) in [5.74, 6) is -1.73. The molecule has 1 heterocycles. The lowest BCUT2D eigenvalue weighted by Crippen LogP contribution is -2.58. The molecule has 0 bridgehead atoms. The standard InChI is InChI=1S/C42H55N3O9/c1-40-18-15-28(46)23-27(40)11-12-30-31(40)16-19-41(2)32(30)17-20-42(41,53)35(47)25-54-38(50)14-13-36(48)43-21-7-3-4-10-37(49)45-34(39(51)52)22-26-24-44-33-9-6-5-8-29(26)33/h5-6,8-9,23-24,30-32,34,44,53H,3-4,7,10-22,25H2,1-2H3,(H,43,48)(H,45,49)(H,51,52)/t30-,31-,32-,34+,40+,41+,42+/m1/s1. The second-order valence-electron chi connectivity index (χ2n) is 16.6. The second-order valence-corrected chi connectivity index (χ2v) is 16.6. The number of ketones is 2. The monoisotopic (exact) mass is 745 g/mol. The van der Waals surface area contributed by atoms with Gasteiger partial charge in [-0.2, -0.15) is 0 Å². The first-order valence-corrected chi connectivity index (χ1v) is 19.7. The molecule has 3 fully saturated rings. The largest absolute Gasteiger partial charge is 0.480 e. The molecular weight excluding hydrogens is 690 g/mol. The van der Waals surface area contributed by atoms with Gasteiger partial charge < -0.3 is 30.6 Å². The molecule has 2 aromatic rings. The van der Waals surface area contributed by atoms with E-state index in [4.69, 9.17) is 4.74 Å². The van der Waals surface area contributed by atoms with Crippen LogP contribution in [-0.2, 0) is 39.9 Å². The molecule has 12 heteroatoms. The Morgan fingerprint density at radius 2 is 1.70 bits per heavy atom. The topological polar surface area (TPSA) is 192 Å². The molecule has 0 radical (unpaired) electrons. The van der Waals surface area contributed by atoms with Gasteiger partial charge in [0, 0.05) is 54.7 Å². The first-order chi connectivity index (χ1) is 25.7. The Kier molecular flexibility index (Phi) is 11.8. The van der Waals surface area contributed by atoms with Crippen LogP contribution in [0.3, 0.4) is 0 Å². The fourth-order valence-electron chi connectivity index (χ4n) is 10.5. The number of esters is 1. The second kappa shape index (κ2) is 16.2. The number of aromatic amines is 1. The Labute approximate surface area is 316 Å². The Morgan fingerprint density at radius 1 is 0.926 bits per heavy atom. The average molecular weight is 746 g/mol. The number of carboxylic acids is 1. The van der Waals surface area contributed by atoms with E-state index in [1.54, 1.807) is 6.20 Å². The van der Waals surface area contributed by atoms with Gasteiger partial charge >= 0.3 is 11.9 Å². The number of carbonyl (C=O) groups is 6. The van der Waals surface area contributed by atoms with E-state index in [9.17, 15) is 39.0 Å². The summed E-state index contributed by atoms with van der Waals surface area (Å²) in [7, 11) is 0. The number of allylic oxidation sites excluding steroid dienone is 1. The van der Waals surface area contributed by atoms with Crippen molar-refractivity contribution in [2.24, 2.45) is 28.6 Å². The van der Waals surface area contributed by atoms with E-state index < -0.39 is 41.4 Å². The number of ether oxygens (including phenoxy) is 1. The Morgan fingerprint density at radius 3 is 2.50 bits per heavy atom. The zero-order valence-electron chi connectivity index (χ0n) is 31.5. The van der Waals surface area contributed by atoms with Crippen LogP contribution in [0.15, 0.2) is 42.1 Å². The van der Waals surface area contributed by atoms with E-state index in [-0.39, 0.29) is 54.6 Å². The molecule has 4 aliphatic carbocycles. The van der Waals surface area contributed by atoms with E-state index >= 15 is 0 Å². The SMILES string of the molecule is C[C@]12CCC(=O)C=C1CC[C@@H]1[C@H]2CC[C@@]2(C)[C@@H]1CC[C@]2(O)C(=O)COC(=O)CCC(=O)NCCCCCC(=O)N[C@@H](Cc1c[nH]c2ccccc12)C(=O)O. The predicted molar refractivity (Wildman–Crippen MR) is 200 cm³/mol. The predicted octanol–water partition coefficient (Wildman–Crippen LogP) is 5.11. The quantitative estimate of drug-likeness (QED) is 0.115. The lowest BCUT2D eigenvalue weighted by molar-refractivity contribution is -0.170. The number of nitrogens with one attached hydrogen (secondary N) is 3. The summed E-state index contributed by atoms with van der Waals surface area (Å²) in [6, 6.07) is 6.53. The van der Waals surface area contributed by atoms with Crippen molar-refractivity contribution >= 4 is 46.2 Å². The number of fused-ring (bicyclic) bond motifs is 6. The first kappa shape index (κ1) is 39.4. The molecule has 54 heavy (non-hydrogen) atoms. The summed E-state index contributed by atoms with van der Waals surface area (Å²) in [5.41, 5.74) is 0.808. The number of hydrogen-bond donors (Lipinski definition) is 5. The molecule has 5 N–H and O–H groups in total. The molecule has 1 aromatic carbocycles. The van der Waals surface area contributed by atoms with Gasteiger partial charge in [0.05, 0.1) is 6.42 Å². The number of carboxylic acid groups (broad SMARTS) is 1. The van der Waals surface area contributed by atoms with Gasteiger partial charge in [-0.25, -0.2) is 4.79 Å². The molecule has 0 spiro atoms. The van der Waals surface area contributed by atoms with E-state index in [1.165, 1.54) is 5.57 Å². The first-order valence-electron chi connectivity index (χ1n) is 19.7. The third-order valence-electron chi connectivity index (χ3n) is 13.6. The van der Waals surface area contributed by atoms with E-state index in [0.717, 1.165) is 48.6 Å². The molecule has 292 valence electrons. The molecule has 3 saturated carbocycles. The summed E-state index contributed by atoms with van der Waals surface area (Å²) in [5, 5.41) is 27.8. The van der Waals surface area contributed by atoms with Crippen molar-refractivity contribution < 1.29 is 43.7 Å². The Bertz CT molecular complexity index is 1820. The van der Waals surface area contributed by atoms with Crippen molar-refractivity contribution in [1.29, 1.82) is 0 Å². The summed E-state index contributed by atoms with van der Waals surface area (Å²) < 4.78 is 5.29. The zero-order chi connectivity index (χ0) is 38.7. The van der Waals surface area contributed by atoms with Gasteiger partial charge in [-0.1, -0.05) is 44.0 Å². The number of aliphatic hydroxyl groups is 1. The number of aromatic nitrogens is 1. The van der Waals surface area contributed by atoms with Crippen LogP contribution in [0.5, 0.6) is 0 Å². The average Bonchev–Trinajstić information content (AvgIpc) is 3.68. The molecule has 4 aliphatic rings. The molecule has 7 atom stereocenters. The van der Waals surface area contributed by atoms with Crippen molar-refractivity contribution in [1.82, 2.24) is 15.6 Å². The maximum absolute atomic E-state index is 13.5. The van der Waals surface area contributed by atoms with E-state index in [2.05, 4.69) is 22.5 Å². The molecular formula is C42H55N3O9. The zero-order valence-corrected chi connectivity index (χ0v) is 31.5. The number of H-pyrrole nitrogens is 1. The van der Waals surface area contributed by atoms with Gasteiger partial charge in [-0.15, -0.1) is 0 Å². The van der Waals surface area contributed by atoms with Gasteiger partial charge in [0.15, 0.2) is 12.4 Å². The third-order valence-corrected chi connectivity index (χ3v) is 13.6. The highest BCUT2D eigenvalue weighted by atomic mass is 16.5. The minimum atomic E-state index is -1.57. The highest BCUT2D eigenvalue weighted by Gasteiger charge is 2.66. The molecule has 6 rings (SSSR count). The maximum Gasteiger partial charge on any atom is 0.326 e. The van der Waals surface area contributed by atoms with Gasteiger partial charge in [-0.05, 0) is 98.7 Å².